The molecule has 2 rings (SSSR count). The minimum atomic E-state index is -0.654. The van der Waals surface area contributed by atoms with Crippen molar-refractivity contribution in [2.24, 2.45) is 0 Å². The van der Waals surface area contributed by atoms with Gasteiger partial charge in [-0.15, -0.1) is 0 Å². The van der Waals surface area contributed by atoms with E-state index in [9.17, 15) is 18.4 Å². The lowest BCUT2D eigenvalue weighted by Gasteiger charge is -2.10. The Morgan fingerprint density at radius 3 is 2.50 bits per heavy atom. The van der Waals surface area contributed by atoms with Gasteiger partial charge in [0.1, 0.15) is 11.6 Å². The fraction of sp³-hybridized carbons (Fsp3) is 0.125. The molecule has 2 N–H and O–H groups in total. The van der Waals surface area contributed by atoms with Crippen molar-refractivity contribution in [3.63, 3.8) is 0 Å². The molecule has 0 aliphatic rings. The summed E-state index contributed by atoms with van der Waals surface area (Å²) in [6.07, 6.45) is 0. The van der Waals surface area contributed by atoms with E-state index in [4.69, 9.17) is 0 Å². The molecular formula is C16H14F2N2O2. The molecule has 0 aliphatic carbocycles. The average Bonchev–Trinajstić information content (AvgIpc) is 2.48. The summed E-state index contributed by atoms with van der Waals surface area (Å²) < 4.78 is 26.4. The minimum Gasteiger partial charge on any atom is -0.374 e. The van der Waals surface area contributed by atoms with Crippen LogP contribution in [0.3, 0.4) is 0 Å². The molecule has 0 saturated heterocycles. The molecule has 0 unspecified atom stereocenters. The number of carbonyl (C=O) groups is 2. The topological polar surface area (TPSA) is 58.2 Å². The SMILES string of the molecule is CC(=O)c1ccccc1NC(=O)CNc1cc(F)ccc1F. The van der Waals surface area contributed by atoms with E-state index in [1.54, 1.807) is 24.3 Å². The van der Waals surface area contributed by atoms with Crippen molar-refractivity contribution in [1.82, 2.24) is 0 Å². The van der Waals surface area contributed by atoms with E-state index >= 15 is 0 Å². The molecule has 0 saturated carbocycles. The summed E-state index contributed by atoms with van der Waals surface area (Å²) in [5.74, 6) is -1.91. The fourth-order valence-electron chi connectivity index (χ4n) is 1.90. The molecule has 1 amide bonds. The van der Waals surface area contributed by atoms with Gasteiger partial charge in [-0.2, -0.15) is 0 Å². The van der Waals surface area contributed by atoms with Crippen LogP contribution in [-0.4, -0.2) is 18.2 Å². The van der Waals surface area contributed by atoms with Crippen molar-refractivity contribution in [3.8, 4) is 0 Å². The van der Waals surface area contributed by atoms with Gasteiger partial charge in [-0.1, -0.05) is 12.1 Å². The molecule has 114 valence electrons. The molecular weight excluding hydrogens is 290 g/mol. The van der Waals surface area contributed by atoms with Crippen LogP contribution in [0.4, 0.5) is 20.2 Å². The lowest BCUT2D eigenvalue weighted by Crippen LogP contribution is -2.23. The third kappa shape index (κ3) is 3.88. The largest absolute Gasteiger partial charge is 0.374 e. The van der Waals surface area contributed by atoms with Crippen LogP contribution in [0.2, 0.25) is 0 Å². The molecule has 0 atom stereocenters. The fourth-order valence-corrected chi connectivity index (χ4v) is 1.90. The molecule has 6 heteroatoms. The monoisotopic (exact) mass is 304 g/mol. The summed E-state index contributed by atoms with van der Waals surface area (Å²) in [4.78, 5) is 23.3. The van der Waals surface area contributed by atoms with Gasteiger partial charge in [0, 0.05) is 5.56 Å². The number of hydrogen-bond acceptors (Lipinski definition) is 3. The first kappa shape index (κ1) is 15.6. The van der Waals surface area contributed by atoms with E-state index in [-0.39, 0.29) is 18.0 Å². The van der Waals surface area contributed by atoms with E-state index in [0.717, 1.165) is 18.2 Å². The summed E-state index contributed by atoms with van der Waals surface area (Å²) in [5, 5.41) is 5.07. The summed E-state index contributed by atoms with van der Waals surface area (Å²) >= 11 is 0. The Kier molecular flexibility index (Phi) is 4.83. The Morgan fingerprint density at radius 2 is 1.77 bits per heavy atom. The van der Waals surface area contributed by atoms with Gasteiger partial charge in [0.15, 0.2) is 5.78 Å². The summed E-state index contributed by atoms with van der Waals surface area (Å²) in [6, 6.07) is 9.49. The van der Waals surface area contributed by atoms with Crippen molar-refractivity contribution in [3.05, 3.63) is 59.7 Å². The minimum absolute atomic E-state index is 0.102. The number of carbonyl (C=O) groups excluding carboxylic acids is 2. The van der Waals surface area contributed by atoms with Crippen LogP contribution >= 0.6 is 0 Å². The van der Waals surface area contributed by atoms with Gasteiger partial charge in [0.05, 0.1) is 17.9 Å². The molecule has 0 aromatic heterocycles. The van der Waals surface area contributed by atoms with Crippen molar-refractivity contribution < 1.29 is 18.4 Å². The van der Waals surface area contributed by atoms with Gasteiger partial charge >= 0.3 is 0 Å². The molecule has 2 aromatic rings. The average molecular weight is 304 g/mol. The molecule has 0 spiro atoms. The molecule has 2 aromatic carbocycles. The number of rotatable bonds is 5. The zero-order chi connectivity index (χ0) is 16.1. The smallest absolute Gasteiger partial charge is 0.243 e. The molecule has 22 heavy (non-hydrogen) atoms. The van der Waals surface area contributed by atoms with Gasteiger partial charge in [0.25, 0.3) is 0 Å². The van der Waals surface area contributed by atoms with Crippen molar-refractivity contribution in [2.75, 3.05) is 17.2 Å². The maximum absolute atomic E-state index is 13.4. The molecule has 4 nitrogen and oxygen atoms in total. The van der Waals surface area contributed by atoms with Crippen LogP contribution in [0.15, 0.2) is 42.5 Å². The Hall–Kier alpha value is -2.76. The maximum atomic E-state index is 13.4. The van der Waals surface area contributed by atoms with Gasteiger partial charge in [-0.05, 0) is 37.3 Å². The van der Waals surface area contributed by atoms with Crippen LogP contribution in [0.5, 0.6) is 0 Å². The third-order valence-corrected chi connectivity index (χ3v) is 2.95. The maximum Gasteiger partial charge on any atom is 0.243 e. The zero-order valence-electron chi connectivity index (χ0n) is 11.8. The second-order valence-electron chi connectivity index (χ2n) is 4.63. The Bertz CT molecular complexity index is 717. The van der Waals surface area contributed by atoms with E-state index in [2.05, 4.69) is 10.6 Å². The van der Waals surface area contributed by atoms with E-state index in [0.29, 0.717) is 11.3 Å². The Balaban J connectivity index is 2.02. The first-order valence-corrected chi connectivity index (χ1v) is 6.56. The number of anilines is 2. The Labute approximate surface area is 126 Å². The summed E-state index contributed by atoms with van der Waals surface area (Å²) in [5.41, 5.74) is 0.657. The van der Waals surface area contributed by atoms with E-state index in [1.807, 2.05) is 0 Å². The summed E-state index contributed by atoms with van der Waals surface area (Å²) in [6.45, 7) is 1.14. The van der Waals surface area contributed by atoms with Crippen LogP contribution in [-0.2, 0) is 4.79 Å². The second kappa shape index (κ2) is 6.80. The van der Waals surface area contributed by atoms with Crippen LogP contribution < -0.4 is 10.6 Å². The highest BCUT2D eigenvalue weighted by molar-refractivity contribution is 6.04. The number of halogens is 2. The first-order valence-electron chi connectivity index (χ1n) is 6.56. The van der Waals surface area contributed by atoms with Crippen LogP contribution in [0, 0.1) is 11.6 Å². The third-order valence-electron chi connectivity index (χ3n) is 2.95. The van der Waals surface area contributed by atoms with Gasteiger partial charge < -0.3 is 10.6 Å². The second-order valence-corrected chi connectivity index (χ2v) is 4.63. The molecule has 0 heterocycles. The number of ketones is 1. The number of para-hydroxylation sites is 1. The van der Waals surface area contributed by atoms with Crippen LogP contribution in [0.25, 0.3) is 0 Å². The highest BCUT2D eigenvalue weighted by atomic mass is 19.1. The molecule has 0 fully saturated rings. The zero-order valence-corrected chi connectivity index (χ0v) is 11.8. The number of amides is 1. The molecule has 0 aliphatic heterocycles. The lowest BCUT2D eigenvalue weighted by molar-refractivity contribution is -0.114. The standard InChI is InChI=1S/C16H14F2N2O2/c1-10(21)12-4-2-3-5-14(12)20-16(22)9-19-15-8-11(17)6-7-13(15)18/h2-8,19H,9H2,1H3,(H,20,22). The predicted octanol–water partition coefficient (Wildman–Crippen LogP) is 3.22. The van der Waals surface area contributed by atoms with Crippen LogP contribution in [0.1, 0.15) is 17.3 Å². The number of benzene rings is 2. The first-order chi connectivity index (χ1) is 10.5. The lowest BCUT2D eigenvalue weighted by atomic mass is 10.1. The van der Waals surface area contributed by atoms with Gasteiger partial charge in [-0.25, -0.2) is 8.78 Å². The number of nitrogens with one attached hydrogen (secondary N) is 2. The van der Waals surface area contributed by atoms with Gasteiger partial charge in [-0.3, -0.25) is 9.59 Å². The Morgan fingerprint density at radius 1 is 1.05 bits per heavy atom. The summed E-state index contributed by atoms with van der Waals surface area (Å²) in [7, 11) is 0. The van der Waals surface area contributed by atoms with Crippen molar-refractivity contribution >= 4 is 23.1 Å². The van der Waals surface area contributed by atoms with E-state index in [1.165, 1.54) is 6.92 Å². The molecule has 0 bridgehead atoms. The highest BCUT2D eigenvalue weighted by Gasteiger charge is 2.10. The normalized spacial score (nSPS) is 10.1. The number of hydrogen-bond donors (Lipinski definition) is 2. The van der Waals surface area contributed by atoms with Gasteiger partial charge in [0.2, 0.25) is 5.91 Å². The predicted molar refractivity (Wildman–Crippen MR) is 79.9 cm³/mol. The highest BCUT2D eigenvalue weighted by Crippen LogP contribution is 2.17. The van der Waals surface area contributed by atoms with Crippen molar-refractivity contribution in [1.29, 1.82) is 0 Å². The number of Topliss-reactive ketones (excluding diaryl/α,β-unsaturated/α-hetero) is 1. The van der Waals surface area contributed by atoms with Crippen molar-refractivity contribution in [2.45, 2.75) is 6.92 Å². The quantitative estimate of drug-likeness (QED) is 0.834. The van der Waals surface area contributed by atoms with E-state index < -0.39 is 17.5 Å². The molecule has 0 radical (unpaired) electrons.